The fourth-order valence-corrected chi connectivity index (χ4v) is 4.08. The van der Waals surface area contributed by atoms with E-state index < -0.39 is 5.91 Å². The van der Waals surface area contributed by atoms with Crippen molar-refractivity contribution in [3.05, 3.63) is 98.6 Å². The molecule has 3 aromatic carbocycles. The number of nitrogens with zero attached hydrogens (tertiary/aromatic N) is 2. The summed E-state index contributed by atoms with van der Waals surface area (Å²) in [6.45, 7) is 2.64. The monoisotopic (exact) mass is 495 g/mol. The van der Waals surface area contributed by atoms with Gasteiger partial charge in [-0.05, 0) is 42.8 Å². The van der Waals surface area contributed by atoms with Gasteiger partial charge in [0.15, 0.2) is 0 Å². The minimum absolute atomic E-state index is 0.108. The molecule has 156 valence electrons. The average molecular weight is 497 g/mol. The maximum atomic E-state index is 12.4. The zero-order valence-electron chi connectivity index (χ0n) is 16.6. The molecule has 0 saturated carbocycles. The minimum atomic E-state index is -0.493. The summed E-state index contributed by atoms with van der Waals surface area (Å²) in [5, 5.41) is 15.8. The molecule has 1 heterocycles. The highest BCUT2D eigenvalue weighted by atomic mass is 79.9. The van der Waals surface area contributed by atoms with Crippen LogP contribution in [0, 0.1) is 6.92 Å². The summed E-state index contributed by atoms with van der Waals surface area (Å²) in [4.78, 5) is 12.4. The fourth-order valence-electron chi connectivity index (χ4n) is 3.53. The molecule has 0 atom stereocenters. The van der Waals surface area contributed by atoms with Crippen LogP contribution in [0.4, 0.5) is 0 Å². The molecular weight excluding hydrogens is 478 g/mol. The maximum Gasteiger partial charge on any atom is 0.275 e. The van der Waals surface area contributed by atoms with Gasteiger partial charge in [-0.2, -0.15) is 5.10 Å². The van der Waals surface area contributed by atoms with E-state index in [-0.39, 0.29) is 11.3 Å². The Hall–Kier alpha value is -3.09. The molecule has 2 N–H and O–H groups in total. The summed E-state index contributed by atoms with van der Waals surface area (Å²) in [6.07, 6.45) is 1.63. The van der Waals surface area contributed by atoms with Crippen LogP contribution in [0.3, 0.4) is 0 Å². The van der Waals surface area contributed by atoms with Crippen LogP contribution in [-0.4, -0.2) is 21.8 Å². The van der Waals surface area contributed by atoms with Crippen LogP contribution < -0.4 is 5.43 Å². The Bertz CT molecular complexity index is 1310. The van der Waals surface area contributed by atoms with Gasteiger partial charge in [0, 0.05) is 38.2 Å². The first-order chi connectivity index (χ1) is 15.0. The van der Waals surface area contributed by atoms with E-state index >= 15 is 0 Å². The van der Waals surface area contributed by atoms with Crippen molar-refractivity contribution in [1.29, 1.82) is 0 Å². The molecule has 0 saturated heterocycles. The molecule has 4 rings (SSSR count). The van der Waals surface area contributed by atoms with E-state index in [9.17, 15) is 9.90 Å². The van der Waals surface area contributed by atoms with Crippen molar-refractivity contribution in [1.82, 2.24) is 9.99 Å². The first kappa shape index (κ1) is 21.2. The van der Waals surface area contributed by atoms with Crippen molar-refractivity contribution in [3.8, 4) is 5.75 Å². The van der Waals surface area contributed by atoms with E-state index in [1.165, 1.54) is 6.07 Å². The number of hydrogen-bond donors (Lipinski definition) is 2. The lowest BCUT2D eigenvalue weighted by atomic mass is 10.1. The van der Waals surface area contributed by atoms with Crippen LogP contribution in [-0.2, 0) is 6.54 Å². The number of hydrazone groups is 1. The number of phenolic OH excluding ortho intramolecular Hbond substituents is 1. The topological polar surface area (TPSA) is 66.6 Å². The number of benzene rings is 3. The van der Waals surface area contributed by atoms with E-state index in [1.54, 1.807) is 18.3 Å². The smallest absolute Gasteiger partial charge is 0.275 e. The van der Waals surface area contributed by atoms with E-state index in [0.717, 1.165) is 32.7 Å². The summed E-state index contributed by atoms with van der Waals surface area (Å²) < 4.78 is 2.87. The number of hydrogen-bond acceptors (Lipinski definition) is 3. The molecular formula is C24H19BrClN3O2. The summed E-state index contributed by atoms with van der Waals surface area (Å²) >= 11 is 9.67. The Morgan fingerprint density at radius 3 is 2.71 bits per heavy atom. The molecule has 1 amide bonds. The molecule has 0 aliphatic carbocycles. The third kappa shape index (κ3) is 4.36. The number of halogens is 2. The van der Waals surface area contributed by atoms with E-state index in [0.29, 0.717) is 11.0 Å². The highest BCUT2D eigenvalue weighted by molar-refractivity contribution is 9.10. The van der Waals surface area contributed by atoms with Crippen molar-refractivity contribution in [2.45, 2.75) is 13.5 Å². The lowest BCUT2D eigenvalue weighted by molar-refractivity contribution is 0.0952. The van der Waals surface area contributed by atoms with Crippen molar-refractivity contribution in [2.24, 2.45) is 5.10 Å². The van der Waals surface area contributed by atoms with Crippen LogP contribution in [0.1, 0.15) is 27.2 Å². The zero-order chi connectivity index (χ0) is 22.0. The van der Waals surface area contributed by atoms with E-state index in [1.807, 2.05) is 49.4 Å². The second-order valence-electron chi connectivity index (χ2n) is 7.05. The number of aromatic hydroxyl groups is 1. The second-order valence-corrected chi connectivity index (χ2v) is 8.38. The Labute approximate surface area is 193 Å². The molecule has 0 spiro atoms. The molecule has 0 radical (unpaired) electrons. The summed E-state index contributed by atoms with van der Waals surface area (Å²) in [7, 11) is 0. The molecule has 5 nitrogen and oxygen atoms in total. The van der Waals surface area contributed by atoms with Gasteiger partial charge in [0.25, 0.3) is 5.91 Å². The predicted octanol–water partition coefficient (Wildman–Crippen LogP) is 5.88. The van der Waals surface area contributed by atoms with Crippen molar-refractivity contribution in [2.75, 3.05) is 0 Å². The normalized spacial score (nSPS) is 11.3. The average Bonchev–Trinajstić information content (AvgIpc) is 3.03. The number of amides is 1. The Morgan fingerprint density at radius 2 is 1.90 bits per heavy atom. The highest BCUT2D eigenvalue weighted by Gasteiger charge is 2.14. The van der Waals surface area contributed by atoms with Crippen LogP contribution in [0.15, 0.2) is 76.3 Å². The van der Waals surface area contributed by atoms with Crippen molar-refractivity contribution >= 4 is 50.6 Å². The first-order valence-corrected chi connectivity index (χ1v) is 10.8. The molecule has 1 aromatic heterocycles. The largest absolute Gasteiger partial charge is 0.507 e. The highest BCUT2D eigenvalue weighted by Crippen LogP contribution is 2.27. The van der Waals surface area contributed by atoms with Crippen LogP contribution in [0.25, 0.3) is 10.9 Å². The lowest BCUT2D eigenvalue weighted by Gasteiger charge is -2.10. The third-order valence-corrected chi connectivity index (χ3v) is 5.99. The standard InChI is InChI=1S/C24H19BrClN3O2/c1-15-20(13-27-28-24(31)19-12-17(25)10-11-23(19)30)18-7-3-5-9-22(18)29(15)14-16-6-2-4-8-21(16)26/h2-13,30H,14H2,1H3,(H,28,31)/b27-13+. The number of nitrogens with one attached hydrogen (secondary N) is 1. The molecule has 0 aliphatic heterocycles. The summed E-state index contributed by atoms with van der Waals surface area (Å²) in [5.41, 5.74) is 6.62. The van der Waals surface area contributed by atoms with Crippen LogP contribution >= 0.6 is 27.5 Å². The van der Waals surface area contributed by atoms with Gasteiger partial charge >= 0.3 is 0 Å². The number of rotatable bonds is 5. The first-order valence-electron chi connectivity index (χ1n) is 9.59. The molecule has 0 bridgehead atoms. The van der Waals surface area contributed by atoms with Gasteiger partial charge in [0.05, 0.1) is 11.8 Å². The number of para-hydroxylation sites is 1. The number of carbonyl (C=O) groups is 1. The lowest BCUT2D eigenvalue weighted by Crippen LogP contribution is -2.17. The molecule has 4 aromatic rings. The maximum absolute atomic E-state index is 12.4. The van der Waals surface area contributed by atoms with Gasteiger partial charge in [0.1, 0.15) is 5.75 Å². The zero-order valence-corrected chi connectivity index (χ0v) is 19.0. The Kier molecular flexibility index (Phi) is 6.11. The van der Waals surface area contributed by atoms with Gasteiger partial charge in [-0.15, -0.1) is 0 Å². The predicted molar refractivity (Wildman–Crippen MR) is 128 cm³/mol. The molecule has 0 aliphatic rings. The Balaban J connectivity index is 1.65. The number of aromatic nitrogens is 1. The number of phenols is 1. The van der Waals surface area contributed by atoms with Crippen LogP contribution in [0.2, 0.25) is 5.02 Å². The van der Waals surface area contributed by atoms with Gasteiger partial charge in [0.2, 0.25) is 0 Å². The van der Waals surface area contributed by atoms with E-state index in [2.05, 4.69) is 37.1 Å². The fraction of sp³-hybridized carbons (Fsp3) is 0.0833. The van der Waals surface area contributed by atoms with Crippen LogP contribution in [0.5, 0.6) is 5.75 Å². The van der Waals surface area contributed by atoms with Gasteiger partial charge < -0.3 is 9.67 Å². The minimum Gasteiger partial charge on any atom is -0.507 e. The molecule has 7 heteroatoms. The Morgan fingerprint density at radius 1 is 1.16 bits per heavy atom. The van der Waals surface area contributed by atoms with E-state index in [4.69, 9.17) is 11.6 Å². The molecule has 31 heavy (non-hydrogen) atoms. The quantitative estimate of drug-likeness (QED) is 0.267. The SMILES string of the molecule is Cc1c(/C=N/NC(=O)c2cc(Br)ccc2O)c2ccccc2n1Cc1ccccc1Cl. The van der Waals surface area contributed by atoms with Gasteiger partial charge in [-0.1, -0.05) is 63.9 Å². The van der Waals surface area contributed by atoms with Gasteiger partial charge in [-0.3, -0.25) is 4.79 Å². The molecule has 0 unspecified atom stereocenters. The molecule has 0 fully saturated rings. The second kappa shape index (κ2) is 8.96. The van der Waals surface area contributed by atoms with Gasteiger partial charge in [-0.25, -0.2) is 5.43 Å². The van der Waals surface area contributed by atoms with Crippen molar-refractivity contribution in [3.63, 3.8) is 0 Å². The van der Waals surface area contributed by atoms with Crippen molar-refractivity contribution < 1.29 is 9.90 Å². The number of carbonyl (C=O) groups excluding carboxylic acids is 1. The number of fused-ring (bicyclic) bond motifs is 1. The third-order valence-electron chi connectivity index (χ3n) is 5.13. The summed E-state index contributed by atoms with van der Waals surface area (Å²) in [5.74, 6) is -0.601. The summed E-state index contributed by atoms with van der Waals surface area (Å²) in [6, 6.07) is 20.5.